The second-order valence-corrected chi connectivity index (χ2v) is 8.76. The van der Waals surface area contributed by atoms with E-state index in [2.05, 4.69) is 9.64 Å². The molecule has 0 spiro atoms. The fraction of sp³-hybridized carbons (Fsp3) is 0.917. The third-order valence-electron chi connectivity index (χ3n) is 5.45. The Hall–Kier alpha value is -0.865. The molecule has 0 aliphatic carbocycles. The zero-order valence-electron chi connectivity index (χ0n) is 16.8. The van der Waals surface area contributed by atoms with Crippen molar-refractivity contribution in [2.45, 2.75) is 61.4 Å². The number of hydrogen-bond acceptors (Lipinski definition) is 3. The third-order valence-corrected chi connectivity index (χ3v) is 5.45. The summed E-state index contributed by atoms with van der Waals surface area (Å²) in [5, 5.41) is -0.698. The molecule has 1 fully saturated rings. The summed E-state index contributed by atoms with van der Waals surface area (Å²) < 4.78 is 82.5. The minimum absolute atomic E-state index is 0.170. The van der Waals surface area contributed by atoms with E-state index in [0.717, 1.165) is 4.90 Å². The SMILES string of the molecule is BC1CN(C(C)(C)C)C(B)(B)C(B)N1C(=O)OC(B)(C(F)(F)F)C(F)(F)F. The monoisotopic (exact) mass is 396 g/mol. The smallest absolute Gasteiger partial charge is 0.428 e. The van der Waals surface area contributed by atoms with E-state index >= 15 is 0 Å². The Bertz CT molecular complexity index is 566. The van der Waals surface area contributed by atoms with Gasteiger partial charge in [0.1, 0.15) is 31.4 Å². The van der Waals surface area contributed by atoms with E-state index in [-0.39, 0.29) is 19.9 Å². The van der Waals surface area contributed by atoms with Gasteiger partial charge in [0.25, 0.3) is 5.50 Å². The molecule has 15 heteroatoms. The fourth-order valence-electron chi connectivity index (χ4n) is 3.52. The van der Waals surface area contributed by atoms with Gasteiger partial charge in [-0.1, -0.05) is 0 Å². The van der Waals surface area contributed by atoms with Crippen LogP contribution in [0.2, 0.25) is 0 Å². The molecule has 1 heterocycles. The van der Waals surface area contributed by atoms with Crippen molar-refractivity contribution in [3.63, 3.8) is 0 Å². The van der Waals surface area contributed by atoms with Gasteiger partial charge in [0.15, 0.2) is 7.85 Å². The van der Waals surface area contributed by atoms with Crippen LogP contribution in [-0.2, 0) is 4.74 Å². The normalized spacial score (nSPS) is 25.3. The van der Waals surface area contributed by atoms with Crippen molar-refractivity contribution in [2.75, 3.05) is 6.54 Å². The molecule has 1 rings (SSSR count). The largest absolute Gasteiger partial charge is 0.433 e. The highest BCUT2D eigenvalue weighted by Gasteiger charge is 2.71. The molecule has 2 atom stereocenters. The maximum Gasteiger partial charge on any atom is 0.428 e. The average molecular weight is 395 g/mol. The lowest BCUT2D eigenvalue weighted by Gasteiger charge is -2.60. The summed E-state index contributed by atoms with van der Waals surface area (Å²) >= 11 is 0. The molecular formula is C12H23B5F6N2O2. The molecule has 1 aliphatic heterocycles. The predicted octanol–water partition coefficient (Wildman–Crippen LogP) is -2.17. The molecule has 2 unspecified atom stereocenters. The number of hydrogen-bond donors (Lipinski definition) is 0. The van der Waals surface area contributed by atoms with E-state index in [4.69, 9.17) is 0 Å². The molecule has 1 saturated heterocycles. The fourth-order valence-corrected chi connectivity index (χ4v) is 3.52. The first kappa shape index (κ1) is 24.2. The maximum atomic E-state index is 13.1. The highest BCUT2D eigenvalue weighted by Crippen LogP contribution is 2.44. The highest BCUT2D eigenvalue weighted by atomic mass is 19.4. The van der Waals surface area contributed by atoms with Gasteiger partial charge in [0.2, 0.25) is 0 Å². The van der Waals surface area contributed by atoms with E-state index in [1.165, 1.54) is 0 Å². The number of halogens is 6. The van der Waals surface area contributed by atoms with Crippen molar-refractivity contribution < 1.29 is 35.9 Å². The molecule has 0 aromatic rings. The van der Waals surface area contributed by atoms with Gasteiger partial charge in [-0.25, -0.2) is 4.79 Å². The lowest BCUT2D eigenvalue weighted by molar-refractivity contribution is -0.331. The molecule has 0 N–H and O–H groups in total. The number of carbonyl (C=O) groups excluding carboxylic acids is 1. The summed E-state index contributed by atoms with van der Waals surface area (Å²) in [5.41, 5.74) is -4.89. The summed E-state index contributed by atoms with van der Waals surface area (Å²) in [7, 11) is 6.58. The van der Waals surface area contributed by atoms with Gasteiger partial charge in [-0.05, 0) is 26.1 Å². The zero-order valence-corrected chi connectivity index (χ0v) is 16.8. The van der Waals surface area contributed by atoms with Crippen LogP contribution in [0.4, 0.5) is 31.1 Å². The minimum atomic E-state index is -5.80. The maximum absolute atomic E-state index is 13.1. The standard InChI is InChI=1S/C12H23B5F6N2O2/c1-8(2,3)24-4-5(13)25(6(14)9(24,15)16)7(26)27-10(17,11(18,19)20)12(21,22)23/h5-6H,4,13-17H2,1-3H3. The summed E-state index contributed by atoms with van der Waals surface area (Å²) in [5.74, 6) is -1.32. The summed E-state index contributed by atoms with van der Waals surface area (Å²) in [6, 6.07) is 0. The van der Waals surface area contributed by atoms with Crippen LogP contribution in [0.1, 0.15) is 20.8 Å². The van der Waals surface area contributed by atoms with Crippen LogP contribution in [0.25, 0.3) is 0 Å². The van der Waals surface area contributed by atoms with Crippen molar-refractivity contribution >= 4 is 45.3 Å². The van der Waals surface area contributed by atoms with Gasteiger partial charge >= 0.3 is 18.4 Å². The highest BCUT2D eigenvalue weighted by molar-refractivity contribution is 6.44. The first-order valence-corrected chi connectivity index (χ1v) is 8.60. The number of alkyl halides is 6. The van der Waals surface area contributed by atoms with Crippen LogP contribution in [0.3, 0.4) is 0 Å². The van der Waals surface area contributed by atoms with Crippen LogP contribution in [0, 0.1) is 0 Å². The Labute approximate surface area is 159 Å². The molecule has 0 saturated carbocycles. The van der Waals surface area contributed by atoms with E-state index in [1.54, 1.807) is 31.4 Å². The van der Waals surface area contributed by atoms with E-state index < -0.39 is 41.2 Å². The molecule has 0 bridgehead atoms. The number of rotatable bonds is 1. The number of nitrogens with zero attached hydrogens (tertiary/aromatic N) is 2. The van der Waals surface area contributed by atoms with Gasteiger partial charge in [-0.15, -0.1) is 0 Å². The second kappa shape index (κ2) is 6.88. The molecule has 4 nitrogen and oxygen atoms in total. The molecule has 150 valence electrons. The van der Waals surface area contributed by atoms with Crippen molar-refractivity contribution in [1.29, 1.82) is 0 Å². The van der Waals surface area contributed by atoms with Crippen molar-refractivity contribution in [2.24, 2.45) is 0 Å². The van der Waals surface area contributed by atoms with Crippen LogP contribution >= 0.6 is 0 Å². The van der Waals surface area contributed by atoms with Crippen molar-refractivity contribution in [3.8, 4) is 0 Å². The zero-order chi connectivity index (χ0) is 21.8. The molecule has 1 amide bonds. The molecule has 1 aliphatic rings. The van der Waals surface area contributed by atoms with Gasteiger partial charge in [-0.2, -0.15) is 26.3 Å². The van der Waals surface area contributed by atoms with Gasteiger partial charge in [-0.3, -0.25) is 0 Å². The Morgan fingerprint density at radius 3 is 1.78 bits per heavy atom. The molecular weight excluding hydrogens is 372 g/mol. The van der Waals surface area contributed by atoms with Gasteiger partial charge < -0.3 is 14.5 Å². The number of ether oxygens (including phenoxy) is 1. The topological polar surface area (TPSA) is 32.8 Å². The second-order valence-electron chi connectivity index (χ2n) is 8.76. The molecule has 0 aromatic heterocycles. The lowest BCUT2D eigenvalue weighted by Crippen LogP contribution is -2.77. The summed E-state index contributed by atoms with van der Waals surface area (Å²) in [4.78, 5) is 15.5. The Balaban J connectivity index is 3.25. The van der Waals surface area contributed by atoms with E-state index in [9.17, 15) is 31.1 Å². The van der Waals surface area contributed by atoms with Crippen LogP contribution < -0.4 is 0 Å². The van der Waals surface area contributed by atoms with Crippen LogP contribution in [0.15, 0.2) is 0 Å². The van der Waals surface area contributed by atoms with E-state index in [1.807, 2.05) is 20.8 Å². The number of piperazine rings is 1. The molecule has 0 radical (unpaired) electrons. The lowest BCUT2D eigenvalue weighted by atomic mass is 9.48. The van der Waals surface area contributed by atoms with Crippen molar-refractivity contribution in [3.05, 3.63) is 0 Å². The Morgan fingerprint density at radius 2 is 1.44 bits per heavy atom. The Morgan fingerprint density at radius 1 is 1.04 bits per heavy atom. The quantitative estimate of drug-likeness (QED) is 0.374. The Kier molecular flexibility index (Phi) is 6.16. The first-order valence-electron chi connectivity index (χ1n) is 8.60. The van der Waals surface area contributed by atoms with Crippen molar-refractivity contribution in [1.82, 2.24) is 9.80 Å². The van der Waals surface area contributed by atoms with Crippen LogP contribution in [-0.4, -0.2) is 102 Å². The summed E-state index contributed by atoms with van der Waals surface area (Å²) in [6.45, 7) is 6.14. The van der Waals surface area contributed by atoms with Gasteiger partial charge in [0.05, 0.1) is 0 Å². The molecule has 0 aromatic carbocycles. The predicted molar refractivity (Wildman–Crippen MR) is 103 cm³/mol. The van der Waals surface area contributed by atoms with Gasteiger partial charge in [0, 0.05) is 24.0 Å². The first-order chi connectivity index (χ1) is 11.7. The van der Waals surface area contributed by atoms with E-state index in [0.29, 0.717) is 0 Å². The average Bonchev–Trinajstić information content (AvgIpc) is 2.39. The third kappa shape index (κ3) is 4.27. The minimum Gasteiger partial charge on any atom is -0.433 e. The molecule has 27 heavy (non-hydrogen) atoms. The summed E-state index contributed by atoms with van der Waals surface area (Å²) in [6.07, 6.45) is -13.2. The van der Waals surface area contributed by atoms with Crippen LogP contribution in [0.5, 0.6) is 0 Å². The number of amides is 1. The number of carbonyl (C=O) groups is 1.